The summed E-state index contributed by atoms with van der Waals surface area (Å²) in [4.78, 5) is 26.1. The van der Waals surface area contributed by atoms with E-state index >= 15 is 0 Å². The van der Waals surface area contributed by atoms with Crippen molar-refractivity contribution in [2.24, 2.45) is 0 Å². The molecule has 0 radical (unpaired) electrons. The van der Waals surface area contributed by atoms with Crippen molar-refractivity contribution in [1.29, 1.82) is 0 Å². The molecule has 6 nitrogen and oxygen atoms in total. The summed E-state index contributed by atoms with van der Waals surface area (Å²) < 4.78 is 1.72. The first-order valence-electron chi connectivity index (χ1n) is 9.18. The number of hydrogen-bond acceptors (Lipinski definition) is 4. The highest BCUT2D eigenvalue weighted by molar-refractivity contribution is 6.30. The van der Waals surface area contributed by atoms with Crippen LogP contribution in [0.4, 0.5) is 0 Å². The molecule has 0 saturated carbocycles. The molecule has 5 rings (SSSR count). The molecule has 1 aliphatic heterocycles. The second kappa shape index (κ2) is 6.89. The van der Waals surface area contributed by atoms with Crippen LogP contribution in [0, 0.1) is 0 Å². The van der Waals surface area contributed by atoms with E-state index < -0.39 is 0 Å². The van der Waals surface area contributed by atoms with Crippen molar-refractivity contribution < 1.29 is 0 Å². The number of nitrogens with zero attached hydrogens (tertiary/aromatic N) is 4. The van der Waals surface area contributed by atoms with Gasteiger partial charge in [-0.25, -0.2) is 9.97 Å². The van der Waals surface area contributed by atoms with E-state index in [0.717, 1.165) is 42.2 Å². The number of halogens is 1. The van der Waals surface area contributed by atoms with E-state index in [1.807, 2.05) is 24.4 Å². The Morgan fingerprint density at radius 2 is 2.04 bits per heavy atom. The van der Waals surface area contributed by atoms with Crippen LogP contribution in [0.3, 0.4) is 0 Å². The van der Waals surface area contributed by atoms with Crippen molar-refractivity contribution in [2.45, 2.75) is 13.0 Å². The third-order valence-corrected chi connectivity index (χ3v) is 5.44. The van der Waals surface area contributed by atoms with Crippen LogP contribution in [0.25, 0.3) is 22.3 Å². The highest BCUT2D eigenvalue weighted by Crippen LogP contribution is 2.24. The van der Waals surface area contributed by atoms with Crippen LogP contribution in [-0.2, 0) is 6.54 Å². The van der Waals surface area contributed by atoms with Gasteiger partial charge in [-0.05, 0) is 41.3 Å². The molecule has 0 bridgehead atoms. The average molecular weight is 392 g/mol. The number of rotatable bonds is 3. The predicted octanol–water partition coefficient (Wildman–Crippen LogP) is 3.51. The van der Waals surface area contributed by atoms with Crippen LogP contribution < -0.4 is 5.56 Å². The van der Waals surface area contributed by atoms with Gasteiger partial charge in [-0.15, -0.1) is 0 Å². The van der Waals surface area contributed by atoms with E-state index in [2.05, 4.69) is 38.1 Å². The number of aromatic amines is 1. The van der Waals surface area contributed by atoms with Gasteiger partial charge in [0.2, 0.25) is 0 Å². The Morgan fingerprint density at radius 1 is 1.18 bits per heavy atom. The van der Waals surface area contributed by atoms with Gasteiger partial charge < -0.3 is 4.98 Å². The molecule has 0 fully saturated rings. The maximum absolute atomic E-state index is 12.2. The number of nitrogens with one attached hydrogen (secondary N) is 1. The summed E-state index contributed by atoms with van der Waals surface area (Å²) in [5.74, 6) is 0. The lowest BCUT2D eigenvalue weighted by Crippen LogP contribution is -2.28. The normalized spacial score (nSPS) is 15.2. The summed E-state index contributed by atoms with van der Waals surface area (Å²) in [5.41, 5.74) is 5.45. The first kappa shape index (κ1) is 17.2. The molecule has 0 saturated heterocycles. The van der Waals surface area contributed by atoms with Gasteiger partial charge in [0.1, 0.15) is 11.8 Å². The number of fused-ring (bicyclic) bond motifs is 3. The lowest BCUT2D eigenvalue weighted by molar-refractivity contribution is 0.293. The molecule has 4 heterocycles. The molecule has 28 heavy (non-hydrogen) atoms. The van der Waals surface area contributed by atoms with Crippen LogP contribution in [0.2, 0.25) is 5.02 Å². The molecule has 0 aliphatic carbocycles. The minimum Gasteiger partial charge on any atom is -0.317 e. The van der Waals surface area contributed by atoms with Gasteiger partial charge in [-0.1, -0.05) is 29.8 Å². The second-order valence-corrected chi connectivity index (χ2v) is 7.48. The Hall–Kier alpha value is -2.96. The molecule has 7 heteroatoms. The van der Waals surface area contributed by atoms with E-state index in [0.29, 0.717) is 11.2 Å². The summed E-state index contributed by atoms with van der Waals surface area (Å²) in [7, 11) is 0. The number of aromatic nitrogens is 4. The lowest BCUT2D eigenvalue weighted by atomic mass is 9.99. The Morgan fingerprint density at radius 3 is 2.82 bits per heavy atom. The SMILES string of the molecule is O=c1[nH]c2cc(CN3CC=C(c4ccc(Cl)cc4)CC3)cnc2n2cncc12. The minimum absolute atomic E-state index is 0.155. The molecule has 3 aromatic heterocycles. The molecule has 0 amide bonds. The number of H-pyrrole nitrogens is 1. The largest absolute Gasteiger partial charge is 0.317 e. The molecular weight excluding hydrogens is 374 g/mol. The van der Waals surface area contributed by atoms with Crippen LogP contribution in [0.1, 0.15) is 17.5 Å². The highest BCUT2D eigenvalue weighted by atomic mass is 35.5. The molecule has 4 aromatic rings. The maximum atomic E-state index is 12.2. The molecular formula is C21H18ClN5O. The zero-order valence-corrected chi connectivity index (χ0v) is 15.9. The van der Waals surface area contributed by atoms with Crippen molar-refractivity contribution in [3.05, 3.63) is 81.6 Å². The van der Waals surface area contributed by atoms with Gasteiger partial charge in [0, 0.05) is 30.9 Å². The van der Waals surface area contributed by atoms with E-state index in [1.165, 1.54) is 11.1 Å². The molecule has 0 unspecified atom stereocenters. The molecule has 1 N–H and O–H groups in total. The monoisotopic (exact) mass is 391 g/mol. The van der Waals surface area contributed by atoms with Crippen molar-refractivity contribution in [2.75, 3.05) is 13.1 Å². The number of pyridine rings is 1. The van der Waals surface area contributed by atoms with Gasteiger partial charge in [-0.2, -0.15) is 0 Å². The summed E-state index contributed by atoms with van der Waals surface area (Å²) in [6.07, 6.45) is 8.31. The second-order valence-electron chi connectivity index (χ2n) is 7.04. The topological polar surface area (TPSA) is 66.3 Å². The Bertz CT molecular complexity index is 1260. The molecule has 140 valence electrons. The molecule has 0 spiro atoms. The van der Waals surface area contributed by atoms with Crippen LogP contribution in [0.15, 0.2) is 59.9 Å². The first-order valence-corrected chi connectivity index (χ1v) is 9.55. The fraction of sp³-hybridized carbons (Fsp3) is 0.190. The van der Waals surface area contributed by atoms with Crippen LogP contribution >= 0.6 is 11.6 Å². The fourth-order valence-corrected chi connectivity index (χ4v) is 3.85. The van der Waals surface area contributed by atoms with E-state index in [-0.39, 0.29) is 5.56 Å². The highest BCUT2D eigenvalue weighted by Gasteiger charge is 2.14. The average Bonchev–Trinajstić information content (AvgIpc) is 3.20. The van der Waals surface area contributed by atoms with Gasteiger partial charge in [0.15, 0.2) is 5.65 Å². The standard InChI is InChI=1S/C21H18ClN5O/c22-17-3-1-15(2-4-17)16-5-7-26(8-6-16)12-14-9-18-20(24-10-14)27-13-23-11-19(27)21(28)25-18/h1-5,9-11,13H,6-8,12H2,(H,25,28). The van der Waals surface area contributed by atoms with Crippen molar-refractivity contribution in [3.63, 3.8) is 0 Å². The van der Waals surface area contributed by atoms with Crippen molar-refractivity contribution >= 4 is 33.9 Å². The zero-order valence-electron chi connectivity index (χ0n) is 15.1. The fourth-order valence-electron chi connectivity index (χ4n) is 3.73. The lowest BCUT2D eigenvalue weighted by Gasteiger charge is -2.26. The molecule has 1 aliphatic rings. The summed E-state index contributed by atoms with van der Waals surface area (Å²) in [5, 5.41) is 0.761. The van der Waals surface area contributed by atoms with Gasteiger partial charge in [0.05, 0.1) is 11.7 Å². The smallest absolute Gasteiger partial charge is 0.274 e. The van der Waals surface area contributed by atoms with Crippen molar-refractivity contribution in [1.82, 2.24) is 24.3 Å². The number of hydrogen-bond donors (Lipinski definition) is 1. The quantitative estimate of drug-likeness (QED) is 0.580. The maximum Gasteiger partial charge on any atom is 0.274 e. The predicted molar refractivity (Wildman–Crippen MR) is 110 cm³/mol. The third kappa shape index (κ3) is 3.10. The summed E-state index contributed by atoms with van der Waals surface area (Å²) >= 11 is 5.98. The van der Waals surface area contributed by atoms with Crippen LogP contribution in [-0.4, -0.2) is 37.3 Å². The van der Waals surface area contributed by atoms with Gasteiger partial charge in [0.25, 0.3) is 5.56 Å². The number of imidazole rings is 1. The summed E-state index contributed by atoms with van der Waals surface area (Å²) in [6, 6.07) is 10.0. The Labute approximate surface area is 166 Å². The zero-order chi connectivity index (χ0) is 19.1. The van der Waals surface area contributed by atoms with Crippen LogP contribution in [0.5, 0.6) is 0 Å². The van der Waals surface area contributed by atoms with E-state index in [9.17, 15) is 4.79 Å². The minimum atomic E-state index is -0.155. The van der Waals surface area contributed by atoms with E-state index in [1.54, 1.807) is 16.9 Å². The number of benzene rings is 1. The first-order chi connectivity index (χ1) is 13.7. The Kier molecular flexibility index (Phi) is 4.22. The van der Waals surface area contributed by atoms with Gasteiger partial charge in [-0.3, -0.25) is 14.1 Å². The third-order valence-electron chi connectivity index (χ3n) is 5.19. The Balaban J connectivity index is 1.36. The molecule has 1 aromatic carbocycles. The van der Waals surface area contributed by atoms with E-state index in [4.69, 9.17) is 11.6 Å². The molecule has 0 atom stereocenters. The van der Waals surface area contributed by atoms with Crippen molar-refractivity contribution in [3.8, 4) is 0 Å². The van der Waals surface area contributed by atoms with Gasteiger partial charge >= 0.3 is 0 Å². The summed E-state index contributed by atoms with van der Waals surface area (Å²) in [6.45, 7) is 2.65.